The fraction of sp³-hybridized carbons (Fsp3) is 0.600. The lowest BCUT2D eigenvalue weighted by molar-refractivity contribution is 0.317. The van der Waals surface area contributed by atoms with E-state index in [0.717, 1.165) is 43.0 Å². The lowest BCUT2D eigenvalue weighted by Crippen LogP contribution is -2.47. The summed E-state index contributed by atoms with van der Waals surface area (Å²) < 4.78 is 0. The van der Waals surface area contributed by atoms with Crippen molar-refractivity contribution in [3.8, 4) is 6.07 Å². The number of halogens is 1. The van der Waals surface area contributed by atoms with Crippen LogP contribution in [0.2, 0.25) is 5.02 Å². The Hall–Kier alpha value is -0.760. The minimum atomic E-state index is -0.316. The van der Waals surface area contributed by atoms with Crippen LogP contribution in [-0.4, -0.2) is 22.8 Å². The number of aromatic nitrogens is 1. The molecule has 1 saturated carbocycles. The molecule has 1 aliphatic carbocycles. The molecule has 0 spiro atoms. The molecule has 0 aromatic carbocycles. The zero-order valence-electron chi connectivity index (χ0n) is 11.7. The summed E-state index contributed by atoms with van der Waals surface area (Å²) in [5.41, 5.74) is -0.316. The maximum atomic E-state index is 9.53. The molecule has 0 amide bonds. The molecule has 2 rings (SSSR count). The fourth-order valence-corrected chi connectivity index (χ4v) is 4.20. The highest BCUT2D eigenvalue weighted by molar-refractivity contribution is 7.99. The summed E-state index contributed by atoms with van der Waals surface area (Å²) in [5.74, 6) is 1.39. The summed E-state index contributed by atoms with van der Waals surface area (Å²) in [6, 6.07) is 6.23. The molecule has 1 aromatic rings. The van der Waals surface area contributed by atoms with Crippen molar-refractivity contribution >= 4 is 23.4 Å². The van der Waals surface area contributed by atoms with Crippen molar-refractivity contribution in [2.45, 2.75) is 43.2 Å². The van der Waals surface area contributed by atoms with Gasteiger partial charge in [-0.3, -0.25) is 5.32 Å². The first-order valence-electron chi connectivity index (χ1n) is 7.11. The van der Waals surface area contributed by atoms with Crippen LogP contribution < -0.4 is 5.32 Å². The number of nitriles is 1. The summed E-state index contributed by atoms with van der Waals surface area (Å²) in [6.07, 6.45) is 6.04. The van der Waals surface area contributed by atoms with Crippen LogP contribution in [0.25, 0.3) is 0 Å². The zero-order chi connectivity index (χ0) is 14.4. The van der Waals surface area contributed by atoms with Crippen molar-refractivity contribution in [2.24, 2.45) is 5.92 Å². The van der Waals surface area contributed by atoms with Gasteiger partial charge in [0.2, 0.25) is 0 Å². The first-order valence-corrected chi connectivity index (χ1v) is 8.48. The summed E-state index contributed by atoms with van der Waals surface area (Å²) >= 11 is 7.79. The van der Waals surface area contributed by atoms with E-state index in [9.17, 15) is 5.26 Å². The maximum Gasteiger partial charge on any atom is 0.115 e. The molecule has 2 atom stereocenters. The SMILES string of the molecule is CCNC1(C#N)CCCC1CCSc1ncccc1Cl. The molecule has 1 fully saturated rings. The number of rotatable bonds is 6. The van der Waals surface area contributed by atoms with Gasteiger partial charge < -0.3 is 0 Å². The molecule has 1 aromatic heterocycles. The van der Waals surface area contributed by atoms with Gasteiger partial charge in [0.15, 0.2) is 0 Å². The number of hydrogen-bond acceptors (Lipinski definition) is 4. The predicted octanol–water partition coefficient (Wildman–Crippen LogP) is 3.89. The third-order valence-corrected chi connectivity index (χ3v) is 5.40. The lowest BCUT2D eigenvalue weighted by atomic mass is 9.86. The third kappa shape index (κ3) is 3.46. The van der Waals surface area contributed by atoms with E-state index in [2.05, 4.69) is 23.3 Å². The number of nitrogens with zero attached hydrogens (tertiary/aromatic N) is 2. The molecule has 0 saturated heterocycles. The minimum Gasteiger partial charge on any atom is -0.299 e. The smallest absolute Gasteiger partial charge is 0.115 e. The molecule has 20 heavy (non-hydrogen) atoms. The van der Waals surface area contributed by atoms with E-state index in [0.29, 0.717) is 10.9 Å². The Balaban J connectivity index is 1.90. The Labute approximate surface area is 130 Å². The van der Waals surface area contributed by atoms with Gasteiger partial charge in [0.05, 0.1) is 11.1 Å². The highest BCUT2D eigenvalue weighted by Crippen LogP contribution is 2.39. The van der Waals surface area contributed by atoms with Crippen molar-refractivity contribution in [1.29, 1.82) is 5.26 Å². The first-order chi connectivity index (χ1) is 9.72. The van der Waals surface area contributed by atoms with E-state index in [1.165, 1.54) is 0 Å². The van der Waals surface area contributed by atoms with Crippen LogP contribution in [0, 0.1) is 17.2 Å². The van der Waals surface area contributed by atoms with E-state index in [1.807, 2.05) is 12.1 Å². The van der Waals surface area contributed by atoms with Gasteiger partial charge >= 0.3 is 0 Å². The summed E-state index contributed by atoms with van der Waals surface area (Å²) in [6.45, 7) is 2.92. The Morgan fingerprint density at radius 2 is 2.50 bits per heavy atom. The van der Waals surface area contributed by atoms with Gasteiger partial charge in [-0.25, -0.2) is 4.98 Å². The summed E-state index contributed by atoms with van der Waals surface area (Å²) in [7, 11) is 0. The highest BCUT2D eigenvalue weighted by Gasteiger charge is 2.42. The molecular formula is C15H20ClN3S. The third-order valence-electron chi connectivity index (χ3n) is 3.94. The largest absolute Gasteiger partial charge is 0.299 e. The van der Waals surface area contributed by atoms with Crippen molar-refractivity contribution in [1.82, 2.24) is 10.3 Å². The van der Waals surface area contributed by atoms with Crippen molar-refractivity contribution in [2.75, 3.05) is 12.3 Å². The monoisotopic (exact) mass is 309 g/mol. The zero-order valence-corrected chi connectivity index (χ0v) is 13.3. The first kappa shape index (κ1) is 15.6. The van der Waals surface area contributed by atoms with Crippen LogP contribution in [0.3, 0.4) is 0 Å². The minimum absolute atomic E-state index is 0.316. The van der Waals surface area contributed by atoms with Gasteiger partial charge in [-0.15, -0.1) is 11.8 Å². The molecule has 5 heteroatoms. The van der Waals surface area contributed by atoms with E-state index in [4.69, 9.17) is 11.6 Å². The average molecular weight is 310 g/mol. The standard InChI is InChI=1S/C15H20ClN3S/c1-2-19-15(11-17)8-3-5-12(15)7-10-20-14-13(16)6-4-9-18-14/h4,6,9,12,19H,2-3,5,7-8,10H2,1H3. The van der Waals surface area contributed by atoms with Gasteiger partial charge in [0.25, 0.3) is 0 Å². The molecule has 0 radical (unpaired) electrons. The van der Waals surface area contributed by atoms with Gasteiger partial charge in [-0.2, -0.15) is 5.26 Å². The molecule has 2 unspecified atom stereocenters. The molecule has 1 N–H and O–H groups in total. The molecule has 0 bridgehead atoms. The highest BCUT2D eigenvalue weighted by atomic mass is 35.5. The molecule has 108 valence electrons. The van der Waals surface area contributed by atoms with Crippen LogP contribution in [0.4, 0.5) is 0 Å². The van der Waals surface area contributed by atoms with Gasteiger partial charge in [-0.1, -0.05) is 24.9 Å². The maximum absolute atomic E-state index is 9.53. The van der Waals surface area contributed by atoms with E-state index >= 15 is 0 Å². The Kier molecular flexibility index (Phi) is 5.71. The number of hydrogen-bond donors (Lipinski definition) is 1. The topological polar surface area (TPSA) is 48.7 Å². The van der Waals surface area contributed by atoms with Gasteiger partial charge in [0, 0.05) is 6.20 Å². The molecule has 1 heterocycles. The molecule has 0 aliphatic heterocycles. The Morgan fingerprint density at radius 1 is 1.65 bits per heavy atom. The molecular weight excluding hydrogens is 290 g/mol. The van der Waals surface area contributed by atoms with Crippen LogP contribution in [0.5, 0.6) is 0 Å². The van der Waals surface area contributed by atoms with Crippen molar-refractivity contribution in [3.63, 3.8) is 0 Å². The second-order valence-electron chi connectivity index (χ2n) is 5.13. The average Bonchev–Trinajstić information content (AvgIpc) is 2.85. The van der Waals surface area contributed by atoms with E-state index in [-0.39, 0.29) is 5.54 Å². The Morgan fingerprint density at radius 3 is 3.20 bits per heavy atom. The van der Waals surface area contributed by atoms with Crippen LogP contribution in [-0.2, 0) is 0 Å². The quantitative estimate of drug-likeness (QED) is 0.810. The summed E-state index contributed by atoms with van der Waals surface area (Å²) in [4.78, 5) is 4.29. The Bertz CT molecular complexity index is 488. The van der Waals surface area contributed by atoms with E-state index < -0.39 is 0 Å². The van der Waals surface area contributed by atoms with Gasteiger partial charge in [-0.05, 0) is 49.6 Å². The van der Waals surface area contributed by atoms with Crippen molar-refractivity contribution < 1.29 is 0 Å². The normalized spacial score (nSPS) is 25.6. The van der Waals surface area contributed by atoms with Crippen LogP contribution in [0.1, 0.15) is 32.6 Å². The van der Waals surface area contributed by atoms with Crippen molar-refractivity contribution in [3.05, 3.63) is 23.4 Å². The number of thioether (sulfide) groups is 1. The molecule has 1 aliphatic rings. The number of nitrogens with one attached hydrogen (secondary N) is 1. The van der Waals surface area contributed by atoms with Crippen LogP contribution in [0.15, 0.2) is 23.4 Å². The fourth-order valence-electron chi connectivity index (χ4n) is 2.98. The van der Waals surface area contributed by atoms with E-state index in [1.54, 1.807) is 18.0 Å². The van der Waals surface area contributed by atoms with Gasteiger partial charge in [0.1, 0.15) is 10.6 Å². The molecule has 3 nitrogen and oxygen atoms in total. The lowest BCUT2D eigenvalue weighted by Gasteiger charge is -2.29. The second kappa shape index (κ2) is 7.31. The second-order valence-corrected chi connectivity index (χ2v) is 6.62. The predicted molar refractivity (Wildman–Crippen MR) is 83.9 cm³/mol. The summed E-state index contributed by atoms with van der Waals surface area (Å²) in [5, 5.41) is 14.5. The number of pyridine rings is 1. The van der Waals surface area contributed by atoms with Crippen LogP contribution >= 0.6 is 23.4 Å².